The zero-order valence-electron chi connectivity index (χ0n) is 18.2. The van der Waals surface area contributed by atoms with Crippen molar-refractivity contribution in [2.75, 3.05) is 26.7 Å². The van der Waals surface area contributed by atoms with E-state index in [0.29, 0.717) is 34.9 Å². The van der Waals surface area contributed by atoms with Crippen molar-refractivity contribution < 1.29 is 9.13 Å². The first kappa shape index (κ1) is 22.6. The summed E-state index contributed by atoms with van der Waals surface area (Å²) < 4.78 is 19.2. The van der Waals surface area contributed by atoms with Crippen LogP contribution in [0, 0.1) is 11.7 Å². The molecule has 0 radical (unpaired) electrons. The number of piperidine rings is 1. The van der Waals surface area contributed by atoms with E-state index in [2.05, 4.69) is 32.2 Å². The molecule has 0 amide bonds. The average Bonchev–Trinajstić information content (AvgIpc) is 2.78. The molecule has 1 fully saturated rings. The van der Waals surface area contributed by atoms with Crippen molar-refractivity contribution in [3.05, 3.63) is 63.2 Å². The molecule has 7 nitrogen and oxygen atoms in total. The summed E-state index contributed by atoms with van der Waals surface area (Å²) in [7, 11) is 2.15. The lowest BCUT2D eigenvalue weighted by Gasteiger charge is -2.29. The van der Waals surface area contributed by atoms with Crippen LogP contribution < -0.4 is 15.6 Å². The fourth-order valence-corrected chi connectivity index (χ4v) is 4.10. The van der Waals surface area contributed by atoms with Gasteiger partial charge in [-0.2, -0.15) is 0 Å². The van der Waals surface area contributed by atoms with Crippen LogP contribution in [0.15, 0.2) is 35.3 Å². The second-order valence-corrected chi connectivity index (χ2v) is 8.73. The van der Waals surface area contributed by atoms with Crippen LogP contribution in [0.5, 0.6) is 5.75 Å². The van der Waals surface area contributed by atoms with Gasteiger partial charge in [0.15, 0.2) is 11.9 Å². The number of hydrogen-bond acceptors (Lipinski definition) is 6. The molecule has 1 aliphatic rings. The molecule has 0 spiro atoms. The molecule has 170 valence electrons. The maximum atomic E-state index is 13.4. The Bertz CT molecular complexity index is 1150. The van der Waals surface area contributed by atoms with E-state index in [0.717, 1.165) is 25.3 Å². The van der Waals surface area contributed by atoms with E-state index in [4.69, 9.17) is 16.3 Å². The second-order valence-electron chi connectivity index (χ2n) is 8.32. The Balaban J connectivity index is 1.50. The molecule has 1 unspecified atom stereocenters. The highest BCUT2D eigenvalue weighted by Crippen LogP contribution is 2.25. The molecule has 1 aromatic carbocycles. The zero-order valence-corrected chi connectivity index (χ0v) is 19.0. The highest BCUT2D eigenvalue weighted by atomic mass is 35.5. The Hall–Kier alpha value is -2.55. The average molecular weight is 460 g/mol. The van der Waals surface area contributed by atoms with Gasteiger partial charge in [-0.25, -0.2) is 9.37 Å². The number of H-pyrrole nitrogens is 1. The Morgan fingerprint density at radius 3 is 2.88 bits per heavy atom. The molecular formula is C23H27ClFN5O2. The lowest BCUT2D eigenvalue weighted by Crippen LogP contribution is -2.35. The summed E-state index contributed by atoms with van der Waals surface area (Å²) in [5.41, 5.74) is 1.02. The first-order valence-electron chi connectivity index (χ1n) is 10.8. The quantitative estimate of drug-likeness (QED) is 0.560. The maximum absolute atomic E-state index is 13.4. The van der Waals surface area contributed by atoms with Crippen LogP contribution in [-0.4, -0.2) is 46.5 Å². The van der Waals surface area contributed by atoms with Crippen molar-refractivity contribution in [1.29, 1.82) is 0 Å². The van der Waals surface area contributed by atoms with E-state index < -0.39 is 11.9 Å². The van der Waals surface area contributed by atoms with Gasteiger partial charge in [0.2, 0.25) is 0 Å². The summed E-state index contributed by atoms with van der Waals surface area (Å²) in [4.78, 5) is 26.9. The van der Waals surface area contributed by atoms with Gasteiger partial charge in [-0.1, -0.05) is 11.6 Å². The number of nitrogens with zero attached hydrogens (tertiary/aromatic N) is 3. The van der Waals surface area contributed by atoms with Gasteiger partial charge in [-0.15, -0.1) is 0 Å². The van der Waals surface area contributed by atoms with E-state index in [1.54, 1.807) is 19.2 Å². The van der Waals surface area contributed by atoms with Gasteiger partial charge in [0.1, 0.15) is 17.1 Å². The lowest BCUT2D eigenvalue weighted by molar-refractivity contribution is 0.215. The third kappa shape index (κ3) is 5.26. The van der Waals surface area contributed by atoms with Crippen LogP contribution in [-0.2, 0) is 6.54 Å². The van der Waals surface area contributed by atoms with Crippen molar-refractivity contribution in [1.82, 2.24) is 25.2 Å². The highest BCUT2D eigenvalue weighted by molar-refractivity contribution is 6.30. The summed E-state index contributed by atoms with van der Waals surface area (Å²) >= 11 is 5.83. The van der Waals surface area contributed by atoms with Gasteiger partial charge >= 0.3 is 0 Å². The largest absolute Gasteiger partial charge is 0.483 e. The number of hydrogen-bond donors (Lipinski definition) is 2. The number of aromatic nitrogens is 3. The van der Waals surface area contributed by atoms with Gasteiger partial charge in [0.05, 0.1) is 16.1 Å². The zero-order chi connectivity index (χ0) is 22.7. The van der Waals surface area contributed by atoms with E-state index >= 15 is 0 Å². The van der Waals surface area contributed by atoms with Gasteiger partial charge in [0, 0.05) is 18.8 Å². The maximum Gasteiger partial charge on any atom is 0.258 e. The van der Waals surface area contributed by atoms with Crippen molar-refractivity contribution >= 4 is 22.5 Å². The molecule has 0 bridgehead atoms. The Kier molecular flexibility index (Phi) is 7.03. The molecule has 1 saturated heterocycles. The molecule has 2 aromatic heterocycles. The normalized spacial score (nSPS) is 16.4. The van der Waals surface area contributed by atoms with E-state index in [9.17, 15) is 9.18 Å². The molecule has 1 aliphatic heterocycles. The molecule has 2 N–H and O–H groups in total. The molecule has 32 heavy (non-hydrogen) atoms. The molecule has 9 heteroatoms. The smallest absolute Gasteiger partial charge is 0.258 e. The molecule has 3 aromatic rings. The first-order chi connectivity index (χ1) is 15.4. The molecule has 0 aliphatic carbocycles. The van der Waals surface area contributed by atoms with Crippen LogP contribution in [0.4, 0.5) is 4.39 Å². The molecular weight excluding hydrogens is 433 g/mol. The Morgan fingerprint density at radius 2 is 2.12 bits per heavy atom. The van der Waals surface area contributed by atoms with Crippen LogP contribution >= 0.6 is 11.6 Å². The monoisotopic (exact) mass is 459 g/mol. The summed E-state index contributed by atoms with van der Waals surface area (Å²) in [6.45, 7) is 5.44. The number of pyridine rings is 1. The molecule has 1 atom stereocenters. The minimum Gasteiger partial charge on any atom is -0.483 e. The van der Waals surface area contributed by atoms with E-state index in [1.165, 1.54) is 31.0 Å². The predicted octanol–water partition coefficient (Wildman–Crippen LogP) is 3.68. The van der Waals surface area contributed by atoms with Gasteiger partial charge < -0.3 is 19.9 Å². The van der Waals surface area contributed by atoms with E-state index in [1.807, 2.05) is 0 Å². The SMILES string of the molecule is CC(Oc1ccc(F)c(Cl)c1)c1nc2c(CNCC3CCN(C)CC3)nccc2c(=O)[nH]1. The summed E-state index contributed by atoms with van der Waals surface area (Å²) in [6, 6.07) is 5.78. The topological polar surface area (TPSA) is 83.1 Å². The molecule has 3 heterocycles. The lowest BCUT2D eigenvalue weighted by atomic mass is 9.97. The summed E-state index contributed by atoms with van der Waals surface area (Å²) in [5.74, 6) is 0.877. The van der Waals surface area contributed by atoms with Crippen molar-refractivity contribution in [3.8, 4) is 5.75 Å². The standard InChI is InChI=1S/C23H27ClFN5O2/c1-14(32-16-3-4-19(25)18(24)11-16)22-28-21-17(23(31)29-22)5-8-27-20(21)13-26-12-15-6-9-30(2)10-7-15/h3-5,8,11,14-15,26H,6-7,9-10,12-13H2,1-2H3,(H,28,29,31). The summed E-state index contributed by atoms with van der Waals surface area (Å²) in [5, 5.41) is 3.94. The Labute approximate surface area is 191 Å². The summed E-state index contributed by atoms with van der Waals surface area (Å²) in [6.07, 6.45) is 3.41. The minimum absolute atomic E-state index is 0.0307. The first-order valence-corrected chi connectivity index (χ1v) is 11.2. The highest BCUT2D eigenvalue weighted by Gasteiger charge is 2.18. The molecule has 0 saturated carbocycles. The number of aromatic amines is 1. The predicted molar refractivity (Wildman–Crippen MR) is 123 cm³/mol. The van der Waals surface area contributed by atoms with Gasteiger partial charge in [0.25, 0.3) is 5.56 Å². The number of likely N-dealkylation sites (tertiary alicyclic amines) is 1. The minimum atomic E-state index is -0.575. The fraction of sp³-hybridized carbons (Fsp3) is 0.435. The van der Waals surface area contributed by atoms with E-state index in [-0.39, 0.29) is 10.6 Å². The number of ether oxygens (including phenoxy) is 1. The molecule has 4 rings (SSSR count). The van der Waals surface area contributed by atoms with Crippen molar-refractivity contribution in [3.63, 3.8) is 0 Å². The Morgan fingerprint density at radius 1 is 1.34 bits per heavy atom. The second kappa shape index (κ2) is 9.94. The number of rotatable bonds is 7. The van der Waals surface area contributed by atoms with Crippen molar-refractivity contribution in [2.24, 2.45) is 5.92 Å². The fourth-order valence-electron chi connectivity index (χ4n) is 3.93. The number of benzene rings is 1. The number of halogens is 2. The number of nitrogens with one attached hydrogen (secondary N) is 2. The van der Waals surface area contributed by atoms with Crippen LogP contribution in [0.2, 0.25) is 5.02 Å². The van der Waals surface area contributed by atoms with Crippen molar-refractivity contribution in [2.45, 2.75) is 32.4 Å². The van der Waals surface area contributed by atoms with Crippen LogP contribution in [0.25, 0.3) is 10.9 Å². The van der Waals surface area contributed by atoms with Gasteiger partial charge in [-0.3, -0.25) is 9.78 Å². The third-order valence-corrected chi connectivity index (χ3v) is 6.16. The third-order valence-electron chi connectivity index (χ3n) is 5.87. The van der Waals surface area contributed by atoms with Gasteiger partial charge in [-0.05, 0) is 70.6 Å². The van der Waals surface area contributed by atoms with Crippen LogP contribution in [0.1, 0.15) is 37.4 Å². The number of fused-ring (bicyclic) bond motifs is 1. The van der Waals surface area contributed by atoms with Crippen LogP contribution in [0.3, 0.4) is 0 Å².